The third-order valence-corrected chi connectivity index (χ3v) is 3.95. The number of likely N-dealkylation sites (N-methyl/N-ethyl adjacent to an activating group) is 1. The van der Waals surface area contributed by atoms with Crippen molar-refractivity contribution < 1.29 is 14.7 Å². The lowest BCUT2D eigenvalue weighted by atomic mass is 10.1. The molecule has 0 heterocycles. The van der Waals surface area contributed by atoms with E-state index in [1.807, 2.05) is 0 Å². The van der Waals surface area contributed by atoms with Gasteiger partial charge in [0.15, 0.2) is 0 Å². The van der Waals surface area contributed by atoms with E-state index in [2.05, 4.69) is 19.1 Å². The third-order valence-electron chi connectivity index (χ3n) is 3.95. The van der Waals surface area contributed by atoms with E-state index >= 15 is 0 Å². The van der Waals surface area contributed by atoms with Crippen LogP contribution in [0.3, 0.4) is 0 Å². The summed E-state index contributed by atoms with van der Waals surface area (Å²) in [5, 5.41) is 8.62. The predicted octanol–water partition coefficient (Wildman–Crippen LogP) is 4.79. The Balaban J connectivity index is 3.36. The molecule has 1 amide bonds. The average Bonchev–Trinajstić information content (AvgIpc) is 2.51. The molecule has 0 saturated heterocycles. The smallest absolute Gasteiger partial charge is 0.323 e. The second-order valence-corrected chi connectivity index (χ2v) is 6.27. The molecule has 0 rings (SSSR count). The van der Waals surface area contributed by atoms with Crippen molar-refractivity contribution in [3.8, 4) is 0 Å². The lowest BCUT2D eigenvalue weighted by Gasteiger charge is -2.14. The van der Waals surface area contributed by atoms with Crippen LogP contribution in [0, 0.1) is 0 Å². The van der Waals surface area contributed by atoms with Crippen molar-refractivity contribution >= 4 is 11.9 Å². The van der Waals surface area contributed by atoms with Crippen LogP contribution in [0.15, 0.2) is 12.2 Å². The Kier molecular flexibility index (Phi) is 14.7. The van der Waals surface area contributed by atoms with Crippen molar-refractivity contribution in [1.82, 2.24) is 4.90 Å². The van der Waals surface area contributed by atoms with Gasteiger partial charge in [0.05, 0.1) is 0 Å². The summed E-state index contributed by atoms with van der Waals surface area (Å²) in [6.45, 7) is 2.03. The van der Waals surface area contributed by atoms with E-state index in [0.717, 1.165) is 25.7 Å². The van der Waals surface area contributed by atoms with Crippen molar-refractivity contribution in [3.05, 3.63) is 12.2 Å². The molecule has 4 nitrogen and oxygen atoms in total. The van der Waals surface area contributed by atoms with Crippen molar-refractivity contribution in [2.24, 2.45) is 0 Å². The predicted molar refractivity (Wildman–Crippen MR) is 95.5 cm³/mol. The first-order valence-electron chi connectivity index (χ1n) is 9.18. The minimum Gasteiger partial charge on any atom is -0.480 e. The fourth-order valence-electron chi connectivity index (χ4n) is 2.48. The average molecular weight is 325 g/mol. The summed E-state index contributed by atoms with van der Waals surface area (Å²) in [5.41, 5.74) is 0. The quantitative estimate of drug-likeness (QED) is 0.348. The fourth-order valence-corrected chi connectivity index (χ4v) is 2.48. The third kappa shape index (κ3) is 15.4. The number of carbonyl (C=O) groups is 2. The van der Waals surface area contributed by atoms with Crippen LogP contribution in [0.1, 0.15) is 84.0 Å². The summed E-state index contributed by atoms with van der Waals surface area (Å²) in [6, 6.07) is 0. The van der Waals surface area contributed by atoms with Crippen LogP contribution < -0.4 is 0 Å². The highest BCUT2D eigenvalue weighted by molar-refractivity contribution is 5.80. The Bertz CT molecular complexity index is 340. The van der Waals surface area contributed by atoms with Gasteiger partial charge in [0.25, 0.3) is 0 Å². The number of unbranched alkanes of at least 4 members (excludes halogenated alkanes) is 9. The lowest BCUT2D eigenvalue weighted by Crippen LogP contribution is -2.31. The zero-order valence-corrected chi connectivity index (χ0v) is 15.1. The first-order chi connectivity index (χ1) is 11.1. The molecule has 0 aromatic heterocycles. The fraction of sp³-hybridized carbons (Fsp3) is 0.789. The molecule has 0 fully saturated rings. The van der Waals surface area contributed by atoms with E-state index in [1.165, 1.54) is 49.8 Å². The number of rotatable bonds is 15. The summed E-state index contributed by atoms with van der Waals surface area (Å²) < 4.78 is 0. The Morgan fingerprint density at radius 1 is 0.870 bits per heavy atom. The number of carboxylic acid groups (broad SMARTS) is 1. The highest BCUT2D eigenvalue weighted by Crippen LogP contribution is 2.09. The van der Waals surface area contributed by atoms with Crippen LogP contribution >= 0.6 is 0 Å². The SMILES string of the molecule is CCCCCCCC=CCCCCCCC(=O)N(C)CC(=O)O. The van der Waals surface area contributed by atoms with Crippen LogP contribution in [0.25, 0.3) is 0 Å². The number of carboxylic acids is 1. The number of aliphatic carboxylic acids is 1. The van der Waals surface area contributed by atoms with Gasteiger partial charge in [-0.1, -0.05) is 57.6 Å². The van der Waals surface area contributed by atoms with Crippen LogP contribution in [0.4, 0.5) is 0 Å². The monoisotopic (exact) mass is 325 g/mol. The number of hydrogen-bond acceptors (Lipinski definition) is 2. The van der Waals surface area contributed by atoms with Crippen LogP contribution in [-0.4, -0.2) is 35.5 Å². The zero-order valence-electron chi connectivity index (χ0n) is 15.1. The highest BCUT2D eigenvalue weighted by Gasteiger charge is 2.10. The molecule has 0 unspecified atom stereocenters. The van der Waals surface area contributed by atoms with Gasteiger partial charge in [0, 0.05) is 13.5 Å². The van der Waals surface area contributed by atoms with Gasteiger partial charge in [-0.15, -0.1) is 0 Å². The second-order valence-electron chi connectivity index (χ2n) is 6.27. The Morgan fingerprint density at radius 2 is 1.39 bits per heavy atom. The molecule has 134 valence electrons. The number of allylic oxidation sites excluding steroid dienone is 2. The van der Waals surface area contributed by atoms with E-state index in [1.54, 1.807) is 7.05 Å². The van der Waals surface area contributed by atoms with Crippen molar-refractivity contribution in [2.75, 3.05) is 13.6 Å². The molecule has 0 aliphatic carbocycles. The Morgan fingerprint density at radius 3 is 1.91 bits per heavy atom. The van der Waals surface area contributed by atoms with Crippen molar-refractivity contribution in [1.29, 1.82) is 0 Å². The summed E-state index contributed by atoms with van der Waals surface area (Å²) in [7, 11) is 1.55. The summed E-state index contributed by atoms with van der Waals surface area (Å²) >= 11 is 0. The van der Waals surface area contributed by atoms with Gasteiger partial charge >= 0.3 is 5.97 Å². The van der Waals surface area contributed by atoms with Crippen LogP contribution in [0.2, 0.25) is 0 Å². The molecule has 0 aromatic rings. The maximum Gasteiger partial charge on any atom is 0.323 e. The highest BCUT2D eigenvalue weighted by atomic mass is 16.4. The van der Waals surface area contributed by atoms with Crippen LogP contribution in [-0.2, 0) is 9.59 Å². The van der Waals surface area contributed by atoms with Gasteiger partial charge in [0.1, 0.15) is 6.54 Å². The van der Waals surface area contributed by atoms with Crippen molar-refractivity contribution in [3.63, 3.8) is 0 Å². The van der Waals surface area contributed by atoms with E-state index in [9.17, 15) is 9.59 Å². The van der Waals surface area contributed by atoms with E-state index in [0.29, 0.717) is 6.42 Å². The van der Waals surface area contributed by atoms with Gasteiger partial charge in [0.2, 0.25) is 5.91 Å². The van der Waals surface area contributed by atoms with Gasteiger partial charge in [-0.3, -0.25) is 9.59 Å². The molecule has 0 radical (unpaired) electrons. The summed E-state index contributed by atoms with van der Waals surface area (Å²) in [5.74, 6) is -1.03. The molecule has 0 saturated carbocycles. The molecular weight excluding hydrogens is 290 g/mol. The first-order valence-corrected chi connectivity index (χ1v) is 9.18. The summed E-state index contributed by atoms with van der Waals surface area (Å²) in [4.78, 5) is 23.4. The zero-order chi connectivity index (χ0) is 17.3. The Hall–Kier alpha value is -1.32. The minimum atomic E-state index is -0.960. The first kappa shape index (κ1) is 21.7. The topological polar surface area (TPSA) is 57.6 Å². The minimum absolute atomic E-state index is 0.0737. The van der Waals surface area contributed by atoms with Crippen LogP contribution in [0.5, 0.6) is 0 Å². The molecule has 1 N–H and O–H groups in total. The van der Waals surface area contributed by atoms with Gasteiger partial charge in [-0.2, -0.15) is 0 Å². The molecule has 0 aliphatic rings. The second kappa shape index (κ2) is 15.6. The Labute approximate surface area is 141 Å². The standard InChI is InChI=1S/C19H35NO3/c1-3-4-5-6-7-8-9-10-11-12-13-14-15-16-18(21)20(2)17-19(22)23/h9-10H,3-8,11-17H2,1-2H3,(H,22,23). The maximum absolute atomic E-state index is 11.6. The molecule has 0 atom stereocenters. The normalized spacial score (nSPS) is 11.0. The van der Waals surface area contributed by atoms with Crippen molar-refractivity contribution in [2.45, 2.75) is 84.0 Å². The molecule has 23 heavy (non-hydrogen) atoms. The number of hydrogen-bond donors (Lipinski definition) is 1. The summed E-state index contributed by atoms with van der Waals surface area (Å²) in [6.07, 6.45) is 18.3. The molecule has 0 aliphatic heterocycles. The molecule has 0 bridgehead atoms. The number of amides is 1. The van der Waals surface area contributed by atoms with E-state index in [-0.39, 0.29) is 12.5 Å². The molecule has 4 heteroatoms. The molecular formula is C19H35NO3. The van der Waals surface area contributed by atoms with E-state index < -0.39 is 5.97 Å². The van der Waals surface area contributed by atoms with Gasteiger partial charge in [-0.05, 0) is 32.1 Å². The maximum atomic E-state index is 11.6. The lowest BCUT2D eigenvalue weighted by molar-refractivity contribution is -0.143. The van der Waals surface area contributed by atoms with Gasteiger partial charge in [-0.25, -0.2) is 0 Å². The molecule has 0 aromatic carbocycles. The largest absolute Gasteiger partial charge is 0.480 e. The van der Waals surface area contributed by atoms with Gasteiger partial charge < -0.3 is 10.0 Å². The number of carbonyl (C=O) groups excluding carboxylic acids is 1. The molecule has 0 spiro atoms. The van der Waals surface area contributed by atoms with E-state index in [4.69, 9.17) is 5.11 Å². The number of nitrogens with zero attached hydrogens (tertiary/aromatic N) is 1.